The normalized spacial score (nSPS) is 12.6. The average molecular weight is 214 g/mol. The van der Waals surface area contributed by atoms with Crippen molar-refractivity contribution in [2.75, 3.05) is 6.61 Å². The summed E-state index contributed by atoms with van der Waals surface area (Å²) in [5, 5.41) is 0. The molecule has 0 aromatic rings. The summed E-state index contributed by atoms with van der Waals surface area (Å²) in [6, 6.07) is 0. The first kappa shape index (κ1) is 13.9. The minimum absolute atomic E-state index is 0.903. The van der Waals surface area contributed by atoms with Gasteiger partial charge in [-0.15, -0.1) is 0 Å². The zero-order valence-corrected chi connectivity index (χ0v) is 11.3. The Balaban J connectivity index is 3.19. The largest absolute Gasteiger partial charge is 0.417 e. The highest BCUT2D eigenvalue weighted by molar-refractivity contribution is 6.69. The van der Waals surface area contributed by atoms with Crippen molar-refractivity contribution in [3.05, 3.63) is 12.2 Å². The zero-order valence-electron chi connectivity index (χ0n) is 10.3. The molecule has 0 rings (SSSR count). The highest BCUT2D eigenvalue weighted by Crippen LogP contribution is 2.04. The van der Waals surface area contributed by atoms with Crippen LogP contribution >= 0.6 is 0 Å². The summed E-state index contributed by atoms with van der Waals surface area (Å²) in [6.07, 6.45) is 10.9. The van der Waals surface area contributed by atoms with Crippen LogP contribution in [0.5, 0.6) is 0 Å². The Morgan fingerprint density at radius 2 is 1.64 bits per heavy atom. The van der Waals surface area contributed by atoms with Gasteiger partial charge >= 0.3 is 0 Å². The molecule has 0 aromatic heterocycles. The smallest absolute Gasteiger partial charge is 0.183 e. The van der Waals surface area contributed by atoms with Gasteiger partial charge in [0, 0.05) is 6.61 Å². The summed E-state index contributed by atoms with van der Waals surface area (Å²) < 4.78 is 5.74. The Morgan fingerprint density at radius 3 is 2.21 bits per heavy atom. The molecule has 0 saturated heterocycles. The van der Waals surface area contributed by atoms with E-state index in [-0.39, 0.29) is 0 Å². The van der Waals surface area contributed by atoms with Crippen LogP contribution < -0.4 is 0 Å². The lowest BCUT2D eigenvalue weighted by molar-refractivity contribution is 0.319. The van der Waals surface area contributed by atoms with Crippen molar-refractivity contribution < 1.29 is 4.43 Å². The van der Waals surface area contributed by atoms with E-state index in [4.69, 9.17) is 4.43 Å². The SMILES string of the molecule is CCCCC/C=C\CCO[Si](C)(C)C. The topological polar surface area (TPSA) is 9.23 Å². The van der Waals surface area contributed by atoms with Crippen molar-refractivity contribution in [2.45, 2.75) is 58.7 Å². The van der Waals surface area contributed by atoms with Crippen LogP contribution in [0.3, 0.4) is 0 Å². The van der Waals surface area contributed by atoms with Gasteiger partial charge in [0.15, 0.2) is 8.32 Å². The van der Waals surface area contributed by atoms with E-state index in [2.05, 4.69) is 38.7 Å². The molecule has 0 spiro atoms. The number of hydrogen-bond donors (Lipinski definition) is 0. The molecular weight excluding hydrogens is 188 g/mol. The summed E-state index contributed by atoms with van der Waals surface area (Å²) in [7, 11) is -1.27. The van der Waals surface area contributed by atoms with Gasteiger partial charge in [0.05, 0.1) is 0 Å². The number of rotatable bonds is 8. The molecule has 2 heteroatoms. The first-order chi connectivity index (χ1) is 6.56. The molecule has 0 N–H and O–H groups in total. The molecule has 0 aromatic carbocycles. The molecule has 0 aliphatic rings. The minimum atomic E-state index is -1.27. The maximum Gasteiger partial charge on any atom is 0.183 e. The van der Waals surface area contributed by atoms with Crippen molar-refractivity contribution in [1.29, 1.82) is 0 Å². The van der Waals surface area contributed by atoms with Crippen LogP contribution in [0.2, 0.25) is 19.6 Å². The average Bonchev–Trinajstić information content (AvgIpc) is 2.08. The molecule has 14 heavy (non-hydrogen) atoms. The molecule has 0 amide bonds. The predicted molar refractivity (Wildman–Crippen MR) is 67.2 cm³/mol. The molecular formula is C12H26OSi. The van der Waals surface area contributed by atoms with Crippen LogP contribution in [0, 0.1) is 0 Å². The summed E-state index contributed by atoms with van der Waals surface area (Å²) in [5.41, 5.74) is 0. The molecule has 0 atom stereocenters. The molecule has 84 valence electrons. The minimum Gasteiger partial charge on any atom is -0.417 e. The molecule has 0 fully saturated rings. The van der Waals surface area contributed by atoms with E-state index in [1.165, 1.54) is 25.7 Å². The highest BCUT2D eigenvalue weighted by Gasteiger charge is 2.12. The maximum absolute atomic E-state index is 5.74. The molecule has 0 aliphatic heterocycles. The van der Waals surface area contributed by atoms with E-state index in [0.717, 1.165) is 13.0 Å². The van der Waals surface area contributed by atoms with E-state index in [9.17, 15) is 0 Å². The third-order valence-electron chi connectivity index (χ3n) is 1.96. The van der Waals surface area contributed by atoms with Crippen molar-refractivity contribution in [1.82, 2.24) is 0 Å². The van der Waals surface area contributed by atoms with Gasteiger partial charge < -0.3 is 4.43 Å². The van der Waals surface area contributed by atoms with Crippen molar-refractivity contribution in [2.24, 2.45) is 0 Å². The standard InChI is InChI=1S/C12H26OSi/c1-5-6-7-8-9-10-11-12-13-14(2,3)4/h9-10H,5-8,11-12H2,1-4H3/b10-9-. The molecule has 0 radical (unpaired) electrons. The molecule has 0 bridgehead atoms. The van der Waals surface area contributed by atoms with Gasteiger partial charge in [0.2, 0.25) is 0 Å². The third kappa shape index (κ3) is 11.9. The molecule has 0 saturated carbocycles. The van der Waals surface area contributed by atoms with Gasteiger partial charge in [0.1, 0.15) is 0 Å². The number of unbranched alkanes of at least 4 members (excludes halogenated alkanes) is 3. The molecule has 1 nitrogen and oxygen atoms in total. The predicted octanol–water partition coefficient (Wildman–Crippen LogP) is 4.36. The third-order valence-corrected chi connectivity index (χ3v) is 3.03. The van der Waals surface area contributed by atoms with Gasteiger partial charge in [-0.3, -0.25) is 0 Å². The van der Waals surface area contributed by atoms with E-state index >= 15 is 0 Å². The van der Waals surface area contributed by atoms with Gasteiger partial charge in [-0.1, -0.05) is 31.9 Å². The Morgan fingerprint density at radius 1 is 1.00 bits per heavy atom. The van der Waals surface area contributed by atoms with Crippen LogP contribution in [0.15, 0.2) is 12.2 Å². The van der Waals surface area contributed by atoms with Crippen molar-refractivity contribution in [3.63, 3.8) is 0 Å². The molecule has 0 unspecified atom stereocenters. The lowest BCUT2D eigenvalue weighted by Gasteiger charge is -2.15. The monoisotopic (exact) mass is 214 g/mol. The summed E-state index contributed by atoms with van der Waals surface area (Å²) in [4.78, 5) is 0. The van der Waals surface area contributed by atoms with Gasteiger partial charge in [0.25, 0.3) is 0 Å². The van der Waals surface area contributed by atoms with Crippen molar-refractivity contribution >= 4 is 8.32 Å². The Kier molecular flexibility index (Phi) is 8.19. The second kappa shape index (κ2) is 8.24. The van der Waals surface area contributed by atoms with Crippen molar-refractivity contribution in [3.8, 4) is 0 Å². The van der Waals surface area contributed by atoms with Gasteiger partial charge in [-0.05, 0) is 38.9 Å². The summed E-state index contributed by atoms with van der Waals surface area (Å²) in [5.74, 6) is 0. The van der Waals surface area contributed by atoms with Crippen LogP contribution in [0.25, 0.3) is 0 Å². The van der Waals surface area contributed by atoms with Gasteiger partial charge in [-0.25, -0.2) is 0 Å². The maximum atomic E-state index is 5.74. The van der Waals surface area contributed by atoms with Crippen LogP contribution in [0.1, 0.15) is 39.0 Å². The second-order valence-corrected chi connectivity index (χ2v) is 9.23. The van der Waals surface area contributed by atoms with E-state index in [0.29, 0.717) is 0 Å². The fourth-order valence-electron chi connectivity index (χ4n) is 1.18. The lowest BCUT2D eigenvalue weighted by Crippen LogP contribution is -2.25. The number of allylic oxidation sites excluding steroid dienone is 1. The van der Waals surface area contributed by atoms with E-state index in [1.807, 2.05) is 0 Å². The summed E-state index contributed by atoms with van der Waals surface area (Å²) >= 11 is 0. The molecule has 0 aliphatic carbocycles. The quantitative estimate of drug-likeness (QED) is 0.331. The second-order valence-electron chi connectivity index (χ2n) is 4.72. The fraction of sp³-hybridized carbons (Fsp3) is 0.833. The van der Waals surface area contributed by atoms with Gasteiger partial charge in [-0.2, -0.15) is 0 Å². The van der Waals surface area contributed by atoms with Crippen LogP contribution in [-0.4, -0.2) is 14.9 Å². The van der Waals surface area contributed by atoms with Crippen LogP contribution in [0.4, 0.5) is 0 Å². The van der Waals surface area contributed by atoms with Crippen LogP contribution in [-0.2, 0) is 4.43 Å². The zero-order chi connectivity index (χ0) is 10.9. The highest BCUT2D eigenvalue weighted by atomic mass is 28.4. The van der Waals surface area contributed by atoms with E-state index in [1.54, 1.807) is 0 Å². The lowest BCUT2D eigenvalue weighted by atomic mass is 10.2. The number of hydrogen-bond acceptors (Lipinski definition) is 1. The van der Waals surface area contributed by atoms with E-state index < -0.39 is 8.32 Å². The first-order valence-electron chi connectivity index (χ1n) is 5.85. The Bertz CT molecular complexity index is 147. The fourth-order valence-corrected chi connectivity index (χ4v) is 1.91. The summed E-state index contributed by atoms with van der Waals surface area (Å²) in [6.45, 7) is 9.85. The Hall–Kier alpha value is -0.0831. The Labute approximate surface area is 90.7 Å². The molecule has 0 heterocycles. The first-order valence-corrected chi connectivity index (χ1v) is 9.26.